The molecular formula is C16H26N2O6. The highest BCUT2D eigenvalue weighted by Crippen LogP contribution is 2.09. The van der Waals surface area contributed by atoms with Crippen molar-refractivity contribution in [3.8, 4) is 0 Å². The van der Waals surface area contributed by atoms with Crippen LogP contribution in [0.1, 0.15) is 20.8 Å². The van der Waals surface area contributed by atoms with E-state index in [0.29, 0.717) is 6.61 Å². The molecule has 8 nitrogen and oxygen atoms in total. The number of hydrogen-bond acceptors (Lipinski definition) is 6. The minimum atomic E-state index is -1.11. The normalized spacial score (nSPS) is 13.8. The van der Waals surface area contributed by atoms with Crippen LogP contribution in [0.25, 0.3) is 0 Å². The molecule has 1 amide bonds. The quantitative estimate of drug-likeness (QED) is 0.498. The molecule has 3 unspecified atom stereocenters. The molecule has 24 heavy (non-hydrogen) atoms. The number of rotatable bonds is 9. The summed E-state index contributed by atoms with van der Waals surface area (Å²) in [6.07, 6.45) is -0.587. The molecule has 1 aromatic carbocycles. The van der Waals surface area contributed by atoms with Gasteiger partial charge in [-0.15, -0.1) is 0 Å². The first kappa shape index (κ1) is 22.0. The topological polar surface area (TPSA) is 117 Å². The number of carboxylic acids is 1. The number of carboxylic acid groups (broad SMARTS) is 1. The Balaban J connectivity index is 0.000000728. The summed E-state index contributed by atoms with van der Waals surface area (Å²) < 4.78 is 5.28. The molecule has 0 aliphatic rings. The lowest BCUT2D eigenvalue weighted by Gasteiger charge is -2.23. The van der Waals surface area contributed by atoms with Gasteiger partial charge < -0.3 is 15.2 Å². The van der Waals surface area contributed by atoms with Gasteiger partial charge in [0.1, 0.15) is 6.04 Å². The molecule has 0 aromatic heterocycles. The van der Waals surface area contributed by atoms with Crippen molar-refractivity contribution < 1.29 is 29.5 Å². The molecule has 0 spiro atoms. The lowest BCUT2D eigenvalue weighted by Crippen LogP contribution is -2.45. The third-order valence-corrected chi connectivity index (χ3v) is 3.06. The van der Waals surface area contributed by atoms with Gasteiger partial charge in [0.25, 0.3) is 0 Å². The average molecular weight is 342 g/mol. The van der Waals surface area contributed by atoms with Gasteiger partial charge in [-0.1, -0.05) is 49.0 Å². The van der Waals surface area contributed by atoms with Gasteiger partial charge in [0, 0.05) is 6.61 Å². The predicted octanol–water partition coefficient (Wildman–Crippen LogP) is 1.21. The van der Waals surface area contributed by atoms with Gasteiger partial charge >= 0.3 is 5.97 Å². The highest BCUT2D eigenvalue weighted by molar-refractivity contribution is 5.84. The summed E-state index contributed by atoms with van der Waals surface area (Å²) in [5.74, 6) is -2.18. The first-order chi connectivity index (χ1) is 11.4. The second-order valence-electron chi connectivity index (χ2n) is 4.91. The molecule has 0 bridgehead atoms. The standard InChI is InChI=1S/C10H20N2O6.C6H6/c1-4-17-8(5-18-12-16)6(2)9(13)11-7(3)10(14)15;1-2-4-6-5-3-1/h6-8,12,16H,4-5H2,1-3H3,(H,11,13)(H,14,15);1-6H. The van der Waals surface area contributed by atoms with E-state index in [1.807, 2.05) is 36.4 Å². The monoisotopic (exact) mass is 342 g/mol. The lowest BCUT2D eigenvalue weighted by atomic mass is 10.0. The van der Waals surface area contributed by atoms with Crippen molar-refractivity contribution in [3.63, 3.8) is 0 Å². The zero-order valence-electron chi connectivity index (χ0n) is 14.1. The van der Waals surface area contributed by atoms with E-state index in [1.54, 1.807) is 13.8 Å². The van der Waals surface area contributed by atoms with Crippen LogP contribution in [-0.2, 0) is 19.2 Å². The smallest absolute Gasteiger partial charge is 0.325 e. The molecule has 136 valence electrons. The third-order valence-electron chi connectivity index (χ3n) is 3.06. The summed E-state index contributed by atoms with van der Waals surface area (Å²) >= 11 is 0. The van der Waals surface area contributed by atoms with Gasteiger partial charge in [0.15, 0.2) is 0 Å². The van der Waals surface area contributed by atoms with Crippen molar-refractivity contribution in [2.24, 2.45) is 5.92 Å². The maximum atomic E-state index is 11.7. The molecule has 0 saturated carbocycles. The van der Waals surface area contributed by atoms with E-state index in [4.69, 9.17) is 15.1 Å². The molecule has 0 saturated heterocycles. The van der Waals surface area contributed by atoms with E-state index in [9.17, 15) is 9.59 Å². The predicted molar refractivity (Wildman–Crippen MR) is 87.1 cm³/mol. The molecule has 4 N–H and O–H groups in total. The molecule has 3 atom stereocenters. The van der Waals surface area contributed by atoms with Crippen LogP contribution in [0.3, 0.4) is 0 Å². The summed E-state index contributed by atoms with van der Waals surface area (Å²) in [5, 5.41) is 19.3. The van der Waals surface area contributed by atoms with Crippen molar-refractivity contribution in [2.75, 3.05) is 13.2 Å². The van der Waals surface area contributed by atoms with Crippen LogP contribution < -0.4 is 11.0 Å². The number of hydrogen-bond donors (Lipinski definition) is 4. The SMILES string of the molecule is CCOC(CONO)C(C)C(=O)NC(C)C(=O)O.c1ccccc1. The number of nitrogens with one attached hydrogen (secondary N) is 2. The Labute approximate surface area is 141 Å². The third kappa shape index (κ3) is 9.90. The Morgan fingerprint density at radius 1 is 1.08 bits per heavy atom. The Kier molecular flexibility index (Phi) is 12.3. The van der Waals surface area contributed by atoms with Crippen molar-refractivity contribution in [1.82, 2.24) is 11.0 Å². The van der Waals surface area contributed by atoms with Gasteiger partial charge in [0.05, 0.1) is 18.6 Å². The van der Waals surface area contributed by atoms with Crippen LogP contribution in [0.5, 0.6) is 0 Å². The lowest BCUT2D eigenvalue weighted by molar-refractivity contribution is -0.165. The second-order valence-corrected chi connectivity index (χ2v) is 4.91. The second kappa shape index (κ2) is 13.4. The Hall–Kier alpha value is -2.00. The Morgan fingerprint density at radius 3 is 1.96 bits per heavy atom. The number of benzene rings is 1. The summed E-state index contributed by atoms with van der Waals surface area (Å²) in [4.78, 5) is 26.9. The molecule has 1 rings (SSSR count). The molecule has 0 radical (unpaired) electrons. The summed E-state index contributed by atoms with van der Waals surface area (Å²) in [6, 6.07) is 11.0. The van der Waals surface area contributed by atoms with Crippen molar-refractivity contribution in [1.29, 1.82) is 0 Å². The van der Waals surface area contributed by atoms with Gasteiger partial charge in [-0.3, -0.25) is 19.6 Å². The van der Waals surface area contributed by atoms with E-state index < -0.39 is 29.9 Å². The molecule has 1 aromatic rings. The number of amides is 1. The van der Waals surface area contributed by atoms with Crippen LogP contribution in [-0.4, -0.2) is 47.5 Å². The summed E-state index contributed by atoms with van der Waals surface area (Å²) in [7, 11) is 0. The average Bonchev–Trinajstić information content (AvgIpc) is 2.59. The number of aliphatic carboxylic acids is 1. The minimum absolute atomic E-state index is 0.0413. The van der Waals surface area contributed by atoms with Gasteiger partial charge in [0.2, 0.25) is 5.91 Å². The summed E-state index contributed by atoms with van der Waals surface area (Å²) in [5.41, 5.74) is 1.50. The van der Waals surface area contributed by atoms with Crippen LogP contribution >= 0.6 is 0 Å². The van der Waals surface area contributed by atoms with Crippen LogP contribution in [0, 0.1) is 5.92 Å². The Bertz CT molecular complexity index is 430. The van der Waals surface area contributed by atoms with E-state index >= 15 is 0 Å². The van der Waals surface area contributed by atoms with Crippen molar-refractivity contribution in [2.45, 2.75) is 32.9 Å². The number of carbonyl (C=O) groups excluding carboxylic acids is 1. The molecule has 0 fully saturated rings. The number of carbonyl (C=O) groups is 2. The maximum absolute atomic E-state index is 11.7. The zero-order valence-corrected chi connectivity index (χ0v) is 14.1. The van der Waals surface area contributed by atoms with Gasteiger partial charge in [-0.05, 0) is 13.8 Å². The first-order valence-electron chi connectivity index (χ1n) is 7.59. The van der Waals surface area contributed by atoms with Crippen LogP contribution in [0.4, 0.5) is 0 Å². The van der Waals surface area contributed by atoms with E-state index in [-0.39, 0.29) is 6.61 Å². The fourth-order valence-electron chi connectivity index (χ4n) is 1.63. The van der Waals surface area contributed by atoms with Crippen LogP contribution in [0.2, 0.25) is 0 Å². The summed E-state index contributed by atoms with van der Waals surface area (Å²) in [6.45, 7) is 5.04. The number of ether oxygens (including phenoxy) is 1. The molecule has 8 heteroatoms. The first-order valence-corrected chi connectivity index (χ1v) is 7.59. The fourth-order valence-corrected chi connectivity index (χ4v) is 1.63. The van der Waals surface area contributed by atoms with Gasteiger partial charge in [-0.2, -0.15) is 0 Å². The Morgan fingerprint density at radius 2 is 1.58 bits per heavy atom. The van der Waals surface area contributed by atoms with Gasteiger partial charge in [-0.25, -0.2) is 0 Å². The molecule has 0 aliphatic heterocycles. The largest absolute Gasteiger partial charge is 0.480 e. The highest BCUT2D eigenvalue weighted by Gasteiger charge is 2.27. The van der Waals surface area contributed by atoms with E-state index in [0.717, 1.165) is 0 Å². The zero-order chi connectivity index (χ0) is 18.4. The molecule has 0 aliphatic carbocycles. The highest BCUT2D eigenvalue weighted by atomic mass is 16.8. The van der Waals surface area contributed by atoms with Crippen molar-refractivity contribution >= 4 is 11.9 Å². The molecular weight excluding hydrogens is 316 g/mol. The molecule has 0 heterocycles. The fraction of sp³-hybridized carbons (Fsp3) is 0.500. The van der Waals surface area contributed by atoms with E-state index in [1.165, 1.54) is 12.6 Å². The minimum Gasteiger partial charge on any atom is -0.480 e. The van der Waals surface area contributed by atoms with E-state index in [2.05, 4.69) is 10.2 Å². The maximum Gasteiger partial charge on any atom is 0.325 e. The van der Waals surface area contributed by atoms with Crippen LogP contribution in [0.15, 0.2) is 36.4 Å². The van der Waals surface area contributed by atoms with Crippen molar-refractivity contribution in [3.05, 3.63) is 36.4 Å².